The highest BCUT2D eigenvalue weighted by molar-refractivity contribution is 5.91. The van der Waals surface area contributed by atoms with Gasteiger partial charge in [-0.25, -0.2) is 9.78 Å². The molecule has 0 radical (unpaired) electrons. The summed E-state index contributed by atoms with van der Waals surface area (Å²) in [4.78, 5) is 24.0. The number of carbonyl (C=O) groups is 1. The molecule has 0 spiro atoms. The molecule has 132 valence electrons. The van der Waals surface area contributed by atoms with Crippen LogP contribution in [0.1, 0.15) is 10.4 Å². The van der Waals surface area contributed by atoms with Gasteiger partial charge in [0.2, 0.25) is 5.95 Å². The van der Waals surface area contributed by atoms with E-state index in [4.69, 9.17) is 5.11 Å². The standard InChI is InChI=1S/C20H15N5O2/c26-19(27)14-6-8-15(9-7-14)23-17-10-12-22-20(25-17)24-16-5-1-3-13-4-2-11-21-18(13)16/h1-12H,(H,26,27)(H2,22,23,24,25). The van der Waals surface area contributed by atoms with E-state index in [-0.39, 0.29) is 5.56 Å². The van der Waals surface area contributed by atoms with E-state index in [1.54, 1.807) is 30.6 Å². The highest BCUT2D eigenvalue weighted by atomic mass is 16.4. The van der Waals surface area contributed by atoms with Crippen LogP contribution in [0.2, 0.25) is 0 Å². The minimum Gasteiger partial charge on any atom is -0.478 e. The Morgan fingerprint density at radius 1 is 0.852 bits per heavy atom. The SMILES string of the molecule is O=C(O)c1ccc(Nc2ccnc(Nc3cccc4cccnc34)n2)cc1. The second kappa shape index (κ2) is 7.09. The molecule has 27 heavy (non-hydrogen) atoms. The molecular formula is C20H15N5O2. The number of hydrogen-bond acceptors (Lipinski definition) is 6. The van der Waals surface area contributed by atoms with E-state index in [1.165, 1.54) is 12.1 Å². The van der Waals surface area contributed by atoms with Gasteiger partial charge in [0.1, 0.15) is 5.82 Å². The van der Waals surface area contributed by atoms with Gasteiger partial charge in [0, 0.05) is 23.5 Å². The molecule has 0 aliphatic rings. The first-order chi connectivity index (χ1) is 13.2. The van der Waals surface area contributed by atoms with Crippen LogP contribution < -0.4 is 10.6 Å². The molecule has 7 heteroatoms. The molecule has 2 heterocycles. The Kier molecular flexibility index (Phi) is 4.32. The minimum absolute atomic E-state index is 0.231. The number of anilines is 4. The van der Waals surface area contributed by atoms with E-state index in [0.717, 1.165) is 22.3 Å². The summed E-state index contributed by atoms with van der Waals surface area (Å²) in [6.07, 6.45) is 3.38. The molecular weight excluding hydrogens is 342 g/mol. The molecule has 0 bridgehead atoms. The highest BCUT2D eigenvalue weighted by Gasteiger charge is 2.06. The van der Waals surface area contributed by atoms with Crippen molar-refractivity contribution < 1.29 is 9.90 Å². The first-order valence-corrected chi connectivity index (χ1v) is 8.23. The van der Waals surface area contributed by atoms with Crippen LogP contribution in [0.5, 0.6) is 0 Å². The smallest absolute Gasteiger partial charge is 0.335 e. The molecule has 0 saturated heterocycles. The van der Waals surface area contributed by atoms with Crippen molar-refractivity contribution in [1.29, 1.82) is 0 Å². The molecule has 7 nitrogen and oxygen atoms in total. The molecule has 2 aromatic heterocycles. The van der Waals surface area contributed by atoms with Gasteiger partial charge in [-0.2, -0.15) is 4.98 Å². The Hall–Kier alpha value is -4.00. The number of nitrogens with zero attached hydrogens (tertiary/aromatic N) is 3. The lowest BCUT2D eigenvalue weighted by molar-refractivity contribution is 0.0697. The molecule has 0 aliphatic heterocycles. The van der Waals surface area contributed by atoms with Gasteiger partial charge in [0.15, 0.2) is 0 Å². The monoisotopic (exact) mass is 357 g/mol. The number of carboxylic acids is 1. The second-order valence-electron chi connectivity index (χ2n) is 5.78. The van der Waals surface area contributed by atoms with Gasteiger partial charge in [-0.3, -0.25) is 4.98 Å². The molecule has 4 rings (SSSR count). The number of benzene rings is 2. The number of pyridine rings is 1. The maximum Gasteiger partial charge on any atom is 0.335 e. The van der Waals surface area contributed by atoms with Gasteiger partial charge in [-0.1, -0.05) is 18.2 Å². The van der Waals surface area contributed by atoms with Crippen molar-refractivity contribution in [3.8, 4) is 0 Å². The van der Waals surface area contributed by atoms with Crippen LogP contribution in [0.4, 0.5) is 23.1 Å². The minimum atomic E-state index is -0.959. The zero-order valence-corrected chi connectivity index (χ0v) is 14.1. The van der Waals surface area contributed by atoms with Crippen LogP contribution in [0, 0.1) is 0 Å². The van der Waals surface area contributed by atoms with Crippen molar-refractivity contribution in [2.45, 2.75) is 0 Å². The summed E-state index contributed by atoms with van der Waals surface area (Å²) in [5, 5.41) is 16.3. The van der Waals surface area contributed by atoms with Crippen molar-refractivity contribution in [3.63, 3.8) is 0 Å². The molecule has 0 unspecified atom stereocenters. The third-order valence-corrected chi connectivity index (χ3v) is 3.94. The Labute approximate surface area is 154 Å². The van der Waals surface area contributed by atoms with Crippen molar-refractivity contribution in [2.24, 2.45) is 0 Å². The fourth-order valence-corrected chi connectivity index (χ4v) is 2.66. The van der Waals surface area contributed by atoms with Gasteiger partial charge in [-0.15, -0.1) is 0 Å². The lowest BCUT2D eigenvalue weighted by Crippen LogP contribution is -2.01. The molecule has 3 N–H and O–H groups in total. The van der Waals surface area contributed by atoms with E-state index >= 15 is 0 Å². The fraction of sp³-hybridized carbons (Fsp3) is 0. The van der Waals surface area contributed by atoms with Gasteiger partial charge < -0.3 is 15.7 Å². The molecule has 0 amide bonds. The zero-order valence-electron chi connectivity index (χ0n) is 14.1. The van der Waals surface area contributed by atoms with Crippen LogP contribution in [0.3, 0.4) is 0 Å². The maximum atomic E-state index is 10.9. The van der Waals surface area contributed by atoms with Crippen LogP contribution in [0.15, 0.2) is 73.1 Å². The Morgan fingerprint density at radius 3 is 2.48 bits per heavy atom. The van der Waals surface area contributed by atoms with Crippen molar-refractivity contribution in [3.05, 3.63) is 78.6 Å². The summed E-state index contributed by atoms with van der Waals surface area (Å²) >= 11 is 0. The summed E-state index contributed by atoms with van der Waals surface area (Å²) in [6, 6.07) is 17.9. The largest absolute Gasteiger partial charge is 0.478 e. The van der Waals surface area contributed by atoms with Crippen LogP contribution in [0.25, 0.3) is 10.9 Å². The van der Waals surface area contributed by atoms with Crippen molar-refractivity contribution in [1.82, 2.24) is 15.0 Å². The lowest BCUT2D eigenvalue weighted by Gasteiger charge is -2.10. The van der Waals surface area contributed by atoms with Crippen LogP contribution >= 0.6 is 0 Å². The number of rotatable bonds is 5. The molecule has 2 aromatic carbocycles. The number of carboxylic acid groups (broad SMARTS) is 1. The van der Waals surface area contributed by atoms with Gasteiger partial charge in [-0.05, 0) is 42.5 Å². The number of para-hydroxylation sites is 1. The van der Waals surface area contributed by atoms with Gasteiger partial charge in [0.25, 0.3) is 0 Å². The first kappa shape index (κ1) is 16.5. The van der Waals surface area contributed by atoms with E-state index < -0.39 is 5.97 Å². The lowest BCUT2D eigenvalue weighted by atomic mass is 10.2. The number of nitrogens with one attached hydrogen (secondary N) is 2. The predicted octanol–water partition coefficient (Wildman–Crippen LogP) is 4.21. The normalized spacial score (nSPS) is 10.5. The average Bonchev–Trinajstić information content (AvgIpc) is 2.69. The summed E-state index contributed by atoms with van der Waals surface area (Å²) in [7, 11) is 0. The molecule has 0 saturated carbocycles. The van der Waals surface area contributed by atoms with E-state index in [2.05, 4.69) is 25.6 Å². The predicted molar refractivity (Wildman–Crippen MR) is 104 cm³/mol. The van der Waals surface area contributed by atoms with Crippen LogP contribution in [-0.4, -0.2) is 26.0 Å². The van der Waals surface area contributed by atoms with E-state index in [9.17, 15) is 4.79 Å². The molecule has 4 aromatic rings. The maximum absolute atomic E-state index is 10.9. The summed E-state index contributed by atoms with van der Waals surface area (Å²) in [6.45, 7) is 0. The first-order valence-electron chi connectivity index (χ1n) is 8.23. The summed E-state index contributed by atoms with van der Waals surface area (Å²) < 4.78 is 0. The molecule has 0 aliphatic carbocycles. The highest BCUT2D eigenvalue weighted by Crippen LogP contribution is 2.24. The average molecular weight is 357 g/mol. The van der Waals surface area contributed by atoms with E-state index in [0.29, 0.717) is 11.8 Å². The van der Waals surface area contributed by atoms with E-state index in [1.807, 2.05) is 30.3 Å². The fourth-order valence-electron chi connectivity index (χ4n) is 2.66. The van der Waals surface area contributed by atoms with Gasteiger partial charge in [0.05, 0.1) is 16.8 Å². The molecule has 0 fully saturated rings. The Morgan fingerprint density at radius 2 is 1.67 bits per heavy atom. The Balaban J connectivity index is 1.56. The number of aromatic nitrogens is 3. The van der Waals surface area contributed by atoms with Gasteiger partial charge >= 0.3 is 5.97 Å². The Bertz CT molecular complexity index is 1110. The third-order valence-electron chi connectivity index (χ3n) is 3.94. The van der Waals surface area contributed by atoms with Crippen LogP contribution in [-0.2, 0) is 0 Å². The number of fused-ring (bicyclic) bond motifs is 1. The van der Waals surface area contributed by atoms with Crippen molar-refractivity contribution >= 4 is 40.0 Å². The topological polar surface area (TPSA) is 100 Å². The number of aromatic carboxylic acids is 1. The van der Waals surface area contributed by atoms with Crippen molar-refractivity contribution in [2.75, 3.05) is 10.6 Å². The molecule has 0 atom stereocenters. The zero-order chi connectivity index (χ0) is 18.6. The number of hydrogen-bond donors (Lipinski definition) is 3. The summed E-state index contributed by atoms with van der Waals surface area (Å²) in [5.74, 6) is 0.0582. The summed E-state index contributed by atoms with van der Waals surface area (Å²) in [5.41, 5.74) is 2.62. The second-order valence-corrected chi connectivity index (χ2v) is 5.78. The third kappa shape index (κ3) is 3.67. The quantitative estimate of drug-likeness (QED) is 0.492.